The van der Waals surface area contributed by atoms with Gasteiger partial charge in [0.15, 0.2) is 0 Å². The van der Waals surface area contributed by atoms with Gasteiger partial charge in [0, 0.05) is 24.1 Å². The van der Waals surface area contributed by atoms with Crippen LogP contribution in [0.3, 0.4) is 0 Å². The lowest BCUT2D eigenvalue weighted by atomic mass is 9.91. The van der Waals surface area contributed by atoms with Crippen LogP contribution in [-0.4, -0.2) is 52.3 Å². The monoisotopic (exact) mass is 330 g/mol. The van der Waals surface area contributed by atoms with Crippen LogP contribution in [0, 0.1) is 0 Å². The predicted octanol–water partition coefficient (Wildman–Crippen LogP) is 2.93. The molecule has 1 aliphatic heterocycles. The maximum Gasteiger partial charge on any atom is 0.122 e. The molecule has 1 atom stereocenters. The molecule has 0 aliphatic carbocycles. The first-order chi connectivity index (χ1) is 10.1. The van der Waals surface area contributed by atoms with E-state index in [-0.39, 0.29) is 18.2 Å². The zero-order chi connectivity index (χ0) is 15.3. The minimum Gasteiger partial charge on any atom is -0.394 e. The lowest BCUT2D eigenvalue weighted by Gasteiger charge is -2.43. The molecule has 1 N–H and O–H groups in total. The average Bonchev–Trinajstić information content (AvgIpc) is 2.96. The van der Waals surface area contributed by atoms with Crippen molar-refractivity contribution in [3.05, 3.63) is 16.1 Å². The molecule has 1 aromatic rings. The molecule has 0 amide bonds. The summed E-state index contributed by atoms with van der Waals surface area (Å²) >= 11 is 3.65. The molecule has 21 heavy (non-hydrogen) atoms. The van der Waals surface area contributed by atoms with Crippen molar-refractivity contribution in [3.63, 3.8) is 0 Å². The molecule has 1 aliphatic rings. The minimum absolute atomic E-state index is 0.0666. The highest BCUT2D eigenvalue weighted by Crippen LogP contribution is 2.32. The first-order valence-corrected chi connectivity index (χ1v) is 9.60. The van der Waals surface area contributed by atoms with Crippen LogP contribution in [0.1, 0.15) is 43.5 Å². The third-order valence-electron chi connectivity index (χ3n) is 4.26. The number of rotatable bonds is 7. The maximum absolute atomic E-state index is 9.86. The fraction of sp³-hybridized carbons (Fsp3) is 0.800. The van der Waals surface area contributed by atoms with E-state index in [2.05, 4.69) is 17.3 Å². The van der Waals surface area contributed by atoms with Crippen LogP contribution in [0.4, 0.5) is 0 Å². The molecule has 2 heterocycles. The number of aromatic nitrogens is 1. The Bertz CT molecular complexity index is 433. The molecule has 0 bridgehead atoms. The predicted molar refractivity (Wildman–Crippen MR) is 90.0 cm³/mol. The summed E-state index contributed by atoms with van der Waals surface area (Å²) in [6.45, 7) is 5.78. The van der Waals surface area contributed by atoms with E-state index in [9.17, 15) is 5.11 Å². The summed E-state index contributed by atoms with van der Waals surface area (Å²) in [5.41, 5.74) is 1.01. The molecular weight excluding hydrogens is 304 g/mol. The van der Waals surface area contributed by atoms with Crippen molar-refractivity contribution < 1.29 is 9.84 Å². The smallest absolute Gasteiger partial charge is 0.122 e. The van der Waals surface area contributed by atoms with E-state index in [0.717, 1.165) is 41.6 Å². The zero-order valence-corrected chi connectivity index (χ0v) is 14.8. The van der Waals surface area contributed by atoms with E-state index in [0.29, 0.717) is 6.61 Å². The van der Waals surface area contributed by atoms with Crippen molar-refractivity contribution in [2.24, 2.45) is 0 Å². The fourth-order valence-electron chi connectivity index (χ4n) is 2.73. The number of aliphatic hydroxyl groups excluding tert-OH is 1. The number of hydrogen-bond acceptors (Lipinski definition) is 6. The lowest BCUT2D eigenvalue weighted by Crippen LogP contribution is -2.51. The van der Waals surface area contributed by atoms with E-state index in [1.54, 1.807) is 11.3 Å². The normalized spacial score (nSPS) is 19.9. The van der Waals surface area contributed by atoms with Gasteiger partial charge in [0.2, 0.25) is 0 Å². The van der Waals surface area contributed by atoms with Gasteiger partial charge in [-0.05, 0) is 45.2 Å². The number of aliphatic hydroxyl groups is 1. The quantitative estimate of drug-likeness (QED) is 0.833. The molecule has 0 radical (unpaired) electrons. The van der Waals surface area contributed by atoms with Crippen LogP contribution in [0.5, 0.6) is 0 Å². The molecule has 0 spiro atoms. The van der Waals surface area contributed by atoms with Crippen LogP contribution < -0.4 is 0 Å². The third-order valence-corrected chi connectivity index (χ3v) is 6.30. The second-order valence-electron chi connectivity index (χ2n) is 5.63. The second-order valence-corrected chi connectivity index (χ2v) is 7.74. The van der Waals surface area contributed by atoms with Crippen molar-refractivity contribution in [1.29, 1.82) is 0 Å². The van der Waals surface area contributed by atoms with Gasteiger partial charge in [0.25, 0.3) is 0 Å². The number of thioether (sulfide) groups is 1. The van der Waals surface area contributed by atoms with Crippen molar-refractivity contribution in [1.82, 2.24) is 9.88 Å². The van der Waals surface area contributed by atoms with Crippen molar-refractivity contribution in [2.45, 2.75) is 44.9 Å². The standard InChI is InChI=1S/C15H26N2O2S2/c1-4-19-12(2)14-16-13(10-21-14)9-17(3)15(11-18)5-7-20-8-6-15/h10,12,18H,4-9,11H2,1-3H3. The summed E-state index contributed by atoms with van der Waals surface area (Å²) in [6.07, 6.45) is 2.17. The largest absolute Gasteiger partial charge is 0.394 e. The van der Waals surface area contributed by atoms with E-state index >= 15 is 0 Å². The number of ether oxygens (including phenoxy) is 1. The van der Waals surface area contributed by atoms with Crippen LogP contribution in [0.2, 0.25) is 0 Å². The summed E-state index contributed by atoms with van der Waals surface area (Å²) < 4.78 is 5.60. The fourth-order valence-corrected chi connectivity index (χ4v) is 4.79. The van der Waals surface area contributed by atoms with Crippen molar-refractivity contribution in [3.8, 4) is 0 Å². The maximum atomic E-state index is 9.86. The number of likely N-dealkylation sites (N-methyl/N-ethyl adjacent to an activating group) is 1. The molecule has 120 valence electrons. The summed E-state index contributed by atoms with van der Waals surface area (Å²) in [7, 11) is 2.11. The highest BCUT2D eigenvalue weighted by atomic mass is 32.2. The number of nitrogens with zero attached hydrogens (tertiary/aromatic N) is 2. The van der Waals surface area contributed by atoms with E-state index in [1.165, 1.54) is 0 Å². The molecule has 6 heteroatoms. The van der Waals surface area contributed by atoms with Gasteiger partial charge >= 0.3 is 0 Å². The Morgan fingerprint density at radius 3 is 2.81 bits per heavy atom. The molecule has 0 saturated carbocycles. The molecule has 1 saturated heterocycles. The van der Waals surface area contributed by atoms with E-state index in [1.807, 2.05) is 25.6 Å². The Labute approximate surface area is 135 Å². The third kappa shape index (κ3) is 4.20. The van der Waals surface area contributed by atoms with Gasteiger partial charge in [0.1, 0.15) is 11.1 Å². The van der Waals surface area contributed by atoms with Gasteiger partial charge < -0.3 is 9.84 Å². The molecule has 0 aromatic carbocycles. The van der Waals surface area contributed by atoms with Crippen LogP contribution in [0.25, 0.3) is 0 Å². The van der Waals surface area contributed by atoms with Crippen LogP contribution in [0.15, 0.2) is 5.38 Å². The highest BCUT2D eigenvalue weighted by Gasteiger charge is 2.35. The van der Waals surface area contributed by atoms with Gasteiger partial charge in [-0.15, -0.1) is 11.3 Å². The molecule has 1 unspecified atom stereocenters. The van der Waals surface area contributed by atoms with Gasteiger partial charge in [-0.2, -0.15) is 11.8 Å². The summed E-state index contributed by atoms with van der Waals surface area (Å²) in [4.78, 5) is 6.98. The molecular formula is C15H26N2O2S2. The summed E-state index contributed by atoms with van der Waals surface area (Å²) in [5, 5.41) is 13.0. The Balaban J connectivity index is 2.00. The van der Waals surface area contributed by atoms with Crippen molar-refractivity contribution in [2.75, 3.05) is 31.8 Å². The van der Waals surface area contributed by atoms with Crippen molar-refractivity contribution >= 4 is 23.1 Å². The first-order valence-electron chi connectivity index (χ1n) is 7.57. The summed E-state index contributed by atoms with van der Waals surface area (Å²) in [5.74, 6) is 2.27. The molecule has 2 rings (SSSR count). The topological polar surface area (TPSA) is 45.6 Å². The van der Waals surface area contributed by atoms with E-state index in [4.69, 9.17) is 9.72 Å². The number of thiazole rings is 1. The molecule has 1 aromatic heterocycles. The Kier molecular flexibility index (Phi) is 6.50. The Hall–Kier alpha value is -0.140. The average molecular weight is 331 g/mol. The highest BCUT2D eigenvalue weighted by molar-refractivity contribution is 7.99. The SMILES string of the molecule is CCOC(C)c1nc(CN(C)C2(CO)CCSCC2)cs1. The minimum atomic E-state index is -0.0689. The zero-order valence-electron chi connectivity index (χ0n) is 13.2. The Morgan fingerprint density at radius 1 is 1.48 bits per heavy atom. The molecule has 4 nitrogen and oxygen atoms in total. The van der Waals surface area contributed by atoms with Gasteiger partial charge in [-0.3, -0.25) is 4.90 Å². The van der Waals surface area contributed by atoms with Gasteiger partial charge in [-0.1, -0.05) is 0 Å². The summed E-state index contributed by atoms with van der Waals surface area (Å²) in [6, 6.07) is 0. The lowest BCUT2D eigenvalue weighted by molar-refractivity contribution is 0.0351. The van der Waals surface area contributed by atoms with Gasteiger partial charge in [0.05, 0.1) is 12.3 Å². The number of hydrogen-bond donors (Lipinski definition) is 1. The van der Waals surface area contributed by atoms with Crippen LogP contribution in [-0.2, 0) is 11.3 Å². The Morgan fingerprint density at radius 2 is 2.19 bits per heavy atom. The second kappa shape index (κ2) is 7.92. The van der Waals surface area contributed by atoms with E-state index < -0.39 is 0 Å². The van der Waals surface area contributed by atoms with Gasteiger partial charge in [-0.25, -0.2) is 4.98 Å². The molecule has 1 fully saturated rings. The first kappa shape index (κ1) is 17.2. The van der Waals surface area contributed by atoms with Crippen LogP contribution >= 0.6 is 23.1 Å².